The lowest BCUT2D eigenvalue weighted by atomic mass is 10.1. The van der Waals surface area contributed by atoms with Crippen molar-refractivity contribution in [1.82, 2.24) is 65.4 Å². The summed E-state index contributed by atoms with van der Waals surface area (Å²) in [6.45, 7) is 10.1. The van der Waals surface area contributed by atoms with Crippen LogP contribution >= 0.6 is 0 Å². The first-order chi connectivity index (χ1) is 42.7. The first kappa shape index (κ1) is 71.6. The Kier molecular flexibility index (Phi) is 37.2. The molecule has 0 unspecified atom stereocenters. The fourth-order valence-corrected chi connectivity index (χ4v) is 10.5. The van der Waals surface area contributed by atoms with Gasteiger partial charge in [0.2, 0.25) is 41.5 Å². The highest BCUT2D eigenvalue weighted by molar-refractivity contribution is 5.80. The number of hydrogen-bond acceptors (Lipinski definition) is 20. The van der Waals surface area contributed by atoms with Gasteiger partial charge in [0.05, 0.1) is 51.0 Å². The van der Waals surface area contributed by atoms with Gasteiger partial charge in [0.25, 0.3) is 0 Å². The normalized spacial score (nSPS) is 13.9. The fraction of sp³-hybridized carbons (Fsp3) is 0.787. The van der Waals surface area contributed by atoms with Gasteiger partial charge in [-0.15, -0.1) is 16.6 Å². The molecule has 3 aromatic heterocycles. The maximum absolute atomic E-state index is 13.3. The molecule has 0 aliphatic carbocycles. The number of nitrogens with one attached hydrogen (secondary N) is 3. The van der Waals surface area contributed by atoms with E-state index < -0.39 is 6.04 Å². The number of aliphatic hydroxyl groups is 1. The lowest BCUT2D eigenvalue weighted by molar-refractivity contribution is -0.132. The topological polar surface area (TPSA) is 317 Å². The van der Waals surface area contributed by atoms with E-state index in [0.29, 0.717) is 149 Å². The van der Waals surface area contributed by atoms with Gasteiger partial charge in [0, 0.05) is 97.2 Å². The van der Waals surface area contributed by atoms with Crippen LogP contribution in [-0.2, 0) is 52.8 Å². The summed E-state index contributed by atoms with van der Waals surface area (Å²) in [4.78, 5) is 74.6. The number of terminal acetylenes is 1. The summed E-state index contributed by atoms with van der Waals surface area (Å²) in [6, 6.07) is -0.789. The van der Waals surface area contributed by atoms with E-state index >= 15 is 0 Å². The van der Waals surface area contributed by atoms with Crippen molar-refractivity contribution < 1.29 is 38.5 Å². The Bertz CT molecular complexity index is 2370. The van der Waals surface area contributed by atoms with Gasteiger partial charge in [-0.3, -0.25) is 19.2 Å². The molecule has 0 saturated carbocycles. The highest BCUT2D eigenvalue weighted by atomic mass is 16.5. The average molecular weight is 1220 g/mol. The molecule has 2 aliphatic rings. The number of piperazine rings is 2. The molecule has 0 radical (unpaired) electrons. The average Bonchev–Trinajstić information content (AvgIpc) is 3.34. The molecule has 8 N–H and O–H groups in total. The van der Waals surface area contributed by atoms with Crippen LogP contribution in [-0.4, -0.2) is 215 Å². The predicted octanol–water partition coefficient (Wildman–Crippen LogP) is 3.98. The molecule has 0 spiro atoms. The number of ether oxygens (including phenoxy) is 3. The number of amides is 4. The Morgan fingerprint density at radius 1 is 0.552 bits per heavy atom. The van der Waals surface area contributed by atoms with Gasteiger partial charge in [-0.1, -0.05) is 106 Å². The van der Waals surface area contributed by atoms with E-state index in [1.165, 1.54) is 4.68 Å². The zero-order chi connectivity index (χ0) is 61.8. The number of hydrogen-bond donors (Lipinski definition) is 6. The molecular formula is C61H106N18O8. The van der Waals surface area contributed by atoms with E-state index in [1.807, 2.05) is 16.0 Å². The first-order valence-corrected chi connectivity index (χ1v) is 32.8. The highest BCUT2D eigenvalue weighted by Gasteiger charge is 2.27. The number of aliphatic hydroxyl groups excluding tert-OH is 1. The van der Waals surface area contributed by atoms with Crippen molar-refractivity contribution in [1.29, 1.82) is 0 Å². The van der Waals surface area contributed by atoms with E-state index in [2.05, 4.69) is 52.3 Å². The van der Waals surface area contributed by atoms with Gasteiger partial charge < -0.3 is 66.3 Å². The molecule has 4 amide bonds. The van der Waals surface area contributed by atoms with Gasteiger partial charge in [0.15, 0.2) is 6.04 Å². The monoisotopic (exact) mass is 1220 g/mol. The molecule has 1 atom stereocenters. The van der Waals surface area contributed by atoms with E-state index in [0.717, 1.165) is 165 Å². The second-order valence-electron chi connectivity index (χ2n) is 22.7. The number of nitrogens with two attached hydrogens (primary N) is 2. The maximum atomic E-state index is 13.3. The third-order valence-corrected chi connectivity index (χ3v) is 15.7. The van der Waals surface area contributed by atoms with Crippen molar-refractivity contribution in [3.63, 3.8) is 0 Å². The Balaban J connectivity index is 0.933. The minimum absolute atomic E-state index is 0.0443. The molecule has 2 fully saturated rings. The smallest absolute Gasteiger partial charge is 0.247 e. The summed E-state index contributed by atoms with van der Waals surface area (Å²) in [5, 5.41) is 35.7. The van der Waals surface area contributed by atoms with Crippen LogP contribution in [0.25, 0.3) is 0 Å². The number of anilines is 3. The molecule has 5 heterocycles. The molecule has 488 valence electrons. The molecule has 0 aromatic carbocycles. The molecule has 2 saturated heterocycles. The Morgan fingerprint density at radius 3 is 1.55 bits per heavy atom. The fourth-order valence-electron chi connectivity index (χ4n) is 10.5. The van der Waals surface area contributed by atoms with Crippen LogP contribution in [0.5, 0.6) is 0 Å². The van der Waals surface area contributed by atoms with Crippen LogP contribution in [0, 0.1) is 12.3 Å². The van der Waals surface area contributed by atoms with Crippen LogP contribution < -0.4 is 37.2 Å². The van der Waals surface area contributed by atoms with Crippen molar-refractivity contribution in [2.45, 2.75) is 180 Å². The minimum Gasteiger partial charge on any atom is -0.394 e. The highest BCUT2D eigenvalue weighted by Crippen LogP contribution is 2.22. The number of carbonyl (C=O) groups excluding carboxylic acids is 4. The summed E-state index contributed by atoms with van der Waals surface area (Å²) in [5.41, 5.74) is 12.9. The van der Waals surface area contributed by atoms with Gasteiger partial charge in [-0.05, 0) is 77.3 Å². The quantitative estimate of drug-likeness (QED) is 0.0344. The van der Waals surface area contributed by atoms with E-state index in [9.17, 15) is 24.3 Å². The zero-order valence-corrected chi connectivity index (χ0v) is 52.3. The molecular weight excluding hydrogens is 1110 g/mol. The third-order valence-electron chi connectivity index (χ3n) is 15.7. The Hall–Kier alpha value is -6.11. The maximum Gasteiger partial charge on any atom is 0.247 e. The molecule has 2 aliphatic heterocycles. The molecule has 87 heavy (non-hydrogen) atoms. The third kappa shape index (κ3) is 30.1. The number of unbranched alkanes of at least 4 members (excludes halogenated alkanes) is 18. The number of aromatic nitrogens is 9. The molecule has 0 bridgehead atoms. The van der Waals surface area contributed by atoms with Crippen molar-refractivity contribution in [3.8, 4) is 12.3 Å². The van der Waals surface area contributed by atoms with Gasteiger partial charge >= 0.3 is 0 Å². The van der Waals surface area contributed by atoms with E-state index in [4.69, 9.17) is 47.1 Å². The number of rotatable bonds is 50. The summed E-state index contributed by atoms with van der Waals surface area (Å²) < 4.78 is 19.6. The summed E-state index contributed by atoms with van der Waals surface area (Å²) in [7, 11) is 0. The standard InChI is InChI=1S/C61H106N18O8/c1-2-42-85-44-46-87-47-45-86-43-33-66-59-67-60(76-38-34-74(35-39-76)56(82)27-19-11-7-3-5-9-13-23-31-64-55(81)50-78-48-52(70-72-78)25-17-15-21-29-62)69-61(68-59)77-40-36-75(37-41-77)57(83)28-20-12-8-4-6-10-14-24-32-65-58(84)54(51-80)79-49-53(71-73-79)26-18-16-22-30-63/h1,48-49,54,80H,3-47,50-51,62-63H2,(H,64,81)(H,65,84)(H,66,67,68,69)/t54-/m0/s1. The van der Waals surface area contributed by atoms with Gasteiger partial charge in [-0.25, -0.2) is 9.36 Å². The van der Waals surface area contributed by atoms with Crippen molar-refractivity contribution in [2.75, 3.05) is 146 Å². The Labute approximate surface area is 517 Å². The molecule has 26 nitrogen and oxygen atoms in total. The van der Waals surface area contributed by atoms with Crippen LogP contribution in [0.1, 0.15) is 172 Å². The van der Waals surface area contributed by atoms with Crippen LogP contribution in [0.2, 0.25) is 0 Å². The largest absolute Gasteiger partial charge is 0.394 e. The number of carbonyl (C=O) groups is 4. The predicted molar refractivity (Wildman–Crippen MR) is 336 cm³/mol. The van der Waals surface area contributed by atoms with E-state index in [1.54, 1.807) is 10.9 Å². The number of aryl methyl sites for hydroxylation is 2. The summed E-state index contributed by atoms with van der Waals surface area (Å²) in [5.74, 6) is 4.06. The molecule has 3 aromatic rings. The lowest BCUT2D eigenvalue weighted by Gasteiger charge is -2.36. The second kappa shape index (κ2) is 45.2. The molecule has 26 heteroatoms. The minimum atomic E-state index is -0.789. The van der Waals surface area contributed by atoms with Gasteiger partial charge in [0.1, 0.15) is 13.2 Å². The van der Waals surface area contributed by atoms with Crippen LogP contribution in [0.15, 0.2) is 12.4 Å². The SMILES string of the molecule is C#CCOCCOCCOCCNc1nc(N2CCN(C(=O)CCCCCCCCCCNC(=O)Cn3cc(CCCCCN)nn3)CC2)nc(N2CCN(C(=O)CCCCCCCCCCNC(=O)[C@H](CO)n3cc(CCCCCN)nn3)CC2)n1. The Morgan fingerprint density at radius 2 is 1.02 bits per heavy atom. The second-order valence-corrected chi connectivity index (χ2v) is 22.7. The van der Waals surface area contributed by atoms with Crippen molar-refractivity contribution >= 4 is 41.5 Å². The van der Waals surface area contributed by atoms with Crippen LogP contribution in [0.3, 0.4) is 0 Å². The first-order valence-electron chi connectivity index (χ1n) is 32.8. The van der Waals surface area contributed by atoms with E-state index in [-0.39, 0.29) is 43.4 Å². The zero-order valence-electron chi connectivity index (χ0n) is 52.3. The summed E-state index contributed by atoms with van der Waals surface area (Å²) in [6.07, 6.45) is 34.2. The van der Waals surface area contributed by atoms with Gasteiger partial charge in [-0.2, -0.15) is 15.0 Å². The summed E-state index contributed by atoms with van der Waals surface area (Å²) >= 11 is 0. The van der Waals surface area contributed by atoms with Crippen molar-refractivity contribution in [2.24, 2.45) is 11.5 Å². The molecule has 5 rings (SSSR count). The number of nitrogens with zero attached hydrogens (tertiary/aromatic N) is 13. The van der Waals surface area contributed by atoms with Crippen LogP contribution in [0.4, 0.5) is 17.8 Å². The van der Waals surface area contributed by atoms with Crippen molar-refractivity contribution in [3.05, 3.63) is 23.8 Å². The lowest BCUT2D eigenvalue weighted by Crippen LogP contribution is -2.50.